The fourth-order valence-corrected chi connectivity index (χ4v) is 3.14. The highest BCUT2D eigenvalue weighted by Crippen LogP contribution is 2.23. The van der Waals surface area contributed by atoms with E-state index in [2.05, 4.69) is 16.4 Å². The summed E-state index contributed by atoms with van der Waals surface area (Å²) < 4.78 is 0. The molecule has 3 rings (SSSR count). The third-order valence-electron chi connectivity index (χ3n) is 4.51. The molecule has 1 heterocycles. The van der Waals surface area contributed by atoms with Crippen molar-refractivity contribution in [3.63, 3.8) is 0 Å². The lowest BCUT2D eigenvalue weighted by Gasteiger charge is -2.13. The number of carbonyl (C=O) groups is 2. The van der Waals surface area contributed by atoms with Gasteiger partial charge in [-0.1, -0.05) is 18.2 Å². The lowest BCUT2D eigenvalue weighted by atomic mass is 10.0. The second-order valence-electron chi connectivity index (χ2n) is 6.30. The van der Waals surface area contributed by atoms with E-state index in [1.54, 1.807) is 6.20 Å². The molecule has 1 atom stereocenters. The van der Waals surface area contributed by atoms with Crippen molar-refractivity contribution in [1.29, 1.82) is 0 Å². The van der Waals surface area contributed by atoms with Crippen molar-refractivity contribution >= 4 is 11.7 Å². The van der Waals surface area contributed by atoms with Crippen molar-refractivity contribution in [2.75, 3.05) is 0 Å². The molecule has 2 aromatic rings. The van der Waals surface area contributed by atoms with Crippen LogP contribution in [0.2, 0.25) is 0 Å². The number of amides is 1. The average molecular weight is 322 g/mol. The number of carbonyl (C=O) groups excluding carboxylic acids is 2. The SMILES string of the molecule is C[C@H](NC(=O)CCC(=O)c1ccc2c(c1)CCC2)c1ccccn1. The van der Waals surface area contributed by atoms with Crippen LogP contribution in [0.4, 0.5) is 0 Å². The minimum absolute atomic E-state index is 0.0327. The largest absolute Gasteiger partial charge is 0.348 e. The summed E-state index contributed by atoms with van der Waals surface area (Å²) in [4.78, 5) is 28.6. The van der Waals surface area contributed by atoms with Gasteiger partial charge < -0.3 is 5.32 Å². The first-order valence-corrected chi connectivity index (χ1v) is 8.49. The average Bonchev–Trinajstić information content (AvgIpc) is 3.08. The van der Waals surface area contributed by atoms with Crippen LogP contribution >= 0.6 is 0 Å². The van der Waals surface area contributed by atoms with Gasteiger partial charge in [0.05, 0.1) is 11.7 Å². The Morgan fingerprint density at radius 2 is 1.96 bits per heavy atom. The highest BCUT2D eigenvalue weighted by atomic mass is 16.2. The summed E-state index contributed by atoms with van der Waals surface area (Å²) >= 11 is 0. The van der Waals surface area contributed by atoms with E-state index in [1.165, 1.54) is 17.5 Å². The summed E-state index contributed by atoms with van der Waals surface area (Å²) in [6, 6.07) is 11.4. The number of aromatic nitrogens is 1. The van der Waals surface area contributed by atoms with E-state index in [9.17, 15) is 9.59 Å². The summed E-state index contributed by atoms with van der Waals surface area (Å²) in [6.07, 6.45) is 5.47. The number of nitrogens with zero attached hydrogens (tertiary/aromatic N) is 1. The molecule has 4 heteroatoms. The number of hydrogen-bond acceptors (Lipinski definition) is 3. The predicted molar refractivity (Wildman–Crippen MR) is 92.8 cm³/mol. The molecule has 1 N–H and O–H groups in total. The molecule has 0 fully saturated rings. The lowest BCUT2D eigenvalue weighted by molar-refractivity contribution is -0.121. The molecule has 1 aliphatic carbocycles. The lowest BCUT2D eigenvalue weighted by Crippen LogP contribution is -2.27. The summed E-state index contributed by atoms with van der Waals surface area (Å²) in [5, 5.41) is 2.89. The number of rotatable bonds is 6. The molecule has 4 nitrogen and oxygen atoms in total. The number of hydrogen-bond donors (Lipinski definition) is 1. The topological polar surface area (TPSA) is 59.1 Å². The second kappa shape index (κ2) is 7.39. The minimum atomic E-state index is -0.159. The Morgan fingerprint density at radius 3 is 2.75 bits per heavy atom. The molecule has 24 heavy (non-hydrogen) atoms. The Balaban J connectivity index is 1.51. The van der Waals surface area contributed by atoms with Gasteiger partial charge in [0.15, 0.2) is 5.78 Å². The second-order valence-corrected chi connectivity index (χ2v) is 6.30. The highest BCUT2D eigenvalue weighted by molar-refractivity contribution is 5.98. The number of Topliss-reactive ketones (excluding diaryl/α,β-unsaturated/α-hetero) is 1. The van der Waals surface area contributed by atoms with Gasteiger partial charge in [-0.05, 0) is 55.5 Å². The fourth-order valence-electron chi connectivity index (χ4n) is 3.14. The molecule has 1 aromatic carbocycles. The predicted octanol–water partition coefficient (Wildman–Crippen LogP) is 3.41. The number of nitrogens with one attached hydrogen (secondary N) is 1. The Morgan fingerprint density at radius 1 is 1.12 bits per heavy atom. The zero-order valence-corrected chi connectivity index (χ0v) is 13.9. The smallest absolute Gasteiger partial charge is 0.220 e. The number of aryl methyl sites for hydroxylation is 2. The third kappa shape index (κ3) is 3.88. The number of fused-ring (bicyclic) bond motifs is 1. The van der Waals surface area contributed by atoms with E-state index < -0.39 is 0 Å². The van der Waals surface area contributed by atoms with Crippen LogP contribution in [0.3, 0.4) is 0 Å². The van der Waals surface area contributed by atoms with E-state index in [0.29, 0.717) is 0 Å². The Labute approximate surface area is 142 Å². The van der Waals surface area contributed by atoms with Crippen molar-refractivity contribution in [2.45, 2.75) is 45.1 Å². The summed E-state index contributed by atoms with van der Waals surface area (Å²) in [6.45, 7) is 1.89. The van der Waals surface area contributed by atoms with Gasteiger partial charge in [-0.3, -0.25) is 14.6 Å². The number of ketones is 1. The molecular formula is C20H22N2O2. The van der Waals surface area contributed by atoms with E-state index in [1.807, 2.05) is 37.3 Å². The van der Waals surface area contributed by atoms with Crippen LogP contribution in [0.1, 0.15) is 59.4 Å². The normalized spacial score (nSPS) is 14.0. The van der Waals surface area contributed by atoms with Gasteiger partial charge in [-0.25, -0.2) is 0 Å². The van der Waals surface area contributed by atoms with Crippen LogP contribution in [-0.2, 0) is 17.6 Å². The molecule has 1 aromatic heterocycles. The van der Waals surface area contributed by atoms with E-state index in [4.69, 9.17) is 0 Å². The summed E-state index contributed by atoms with van der Waals surface area (Å²) in [7, 11) is 0. The van der Waals surface area contributed by atoms with Crippen LogP contribution in [0, 0.1) is 0 Å². The molecule has 0 unspecified atom stereocenters. The van der Waals surface area contributed by atoms with Gasteiger partial charge in [0.25, 0.3) is 0 Å². The first kappa shape index (κ1) is 16.4. The van der Waals surface area contributed by atoms with Gasteiger partial charge in [-0.15, -0.1) is 0 Å². The molecule has 0 aliphatic heterocycles. The van der Waals surface area contributed by atoms with Gasteiger partial charge >= 0.3 is 0 Å². The van der Waals surface area contributed by atoms with Crippen molar-refractivity contribution < 1.29 is 9.59 Å². The van der Waals surface area contributed by atoms with E-state index in [0.717, 1.165) is 24.1 Å². The minimum Gasteiger partial charge on any atom is -0.348 e. The molecule has 0 saturated heterocycles. The van der Waals surface area contributed by atoms with Gasteiger partial charge in [0, 0.05) is 24.6 Å². The first-order chi connectivity index (χ1) is 11.6. The van der Waals surface area contributed by atoms with Crippen molar-refractivity contribution in [1.82, 2.24) is 10.3 Å². The molecule has 0 saturated carbocycles. The van der Waals surface area contributed by atoms with Gasteiger partial charge in [0.1, 0.15) is 0 Å². The van der Waals surface area contributed by atoms with Crippen LogP contribution in [0.15, 0.2) is 42.6 Å². The monoisotopic (exact) mass is 322 g/mol. The molecule has 124 valence electrons. The molecular weight excluding hydrogens is 300 g/mol. The third-order valence-corrected chi connectivity index (χ3v) is 4.51. The van der Waals surface area contributed by atoms with Gasteiger partial charge in [-0.2, -0.15) is 0 Å². The molecule has 1 amide bonds. The number of pyridine rings is 1. The highest BCUT2D eigenvalue weighted by Gasteiger charge is 2.16. The Hall–Kier alpha value is -2.49. The number of benzene rings is 1. The fraction of sp³-hybridized carbons (Fsp3) is 0.350. The molecule has 0 bridgehead atoms. The summed E-state index contributed by atoms with van der Waals surface area (Å²) in [5.41, 5.74) is 4.18. The quantitative estimate of drug-likeness (QED) is 0.829. The van der Waals surface area contributed by atoms with Crippen molar-refractivity contribution in [3.8, 4) is 0 Å². The standard InChI is InChI=1S/C20H22N2O2/c1-14(18-7-2-3-12-21-18)22-20(24)11-10-19(23)17-9-8-15-5-4-6-16(15)13-17/h2-3,7-9,12-14H,4-6,10-11H2,1H3,(H,22,24)/t14-/m0/s1. The van der Waals surface area contributed by atoms with Crippen LogP contribution in [-0.4, -0.2) is 16.7 Å². The van der Waals surface area contributed by atoms with Crippen LogP contribution < -0.4 is 5.32 Å². The van der Waals surface area contributed by atoms with Crippen LogP contribution in [0.25, 0.3) is 0 Å². The van der Waals surface area contributed by atoms with E-state index >= 15 is 0 Å². The molecule has 0 radical (unpaired) electrons. The maximum atomic E-state index is 12.3. The zero-order chi connectivity index (χ0) is 16.9. The van der Waals surface area contributed by atoms with Crippen molar-refractivity contribution in [3.05, 3.63) is 65.0 Å². The maximum absolute atomic E-state index is 12.3. The molecule has 1 aliphatic rings. The Kier molecular flexibility index (Phi) is 5.04. The van der Waals surface area contributed by atoms with E-state index in [-0.39, 0.29) is 30.6 Å². The zero-order valence-electron chi connectivity index (χ0n) is 13.9. The molecule has 0 spiro atoms. The van der Waals surface area contributed by atoms with Crippen molar-refractivity contribution in [2.24, 2.45) is 0 Å². The summed E-state index contributed by atoms with van der Waals surface area (Å²) in [5.74, 6) is -0.0898. The van der Waals surface area contributed by atoms with Gasteiger partial charge in [0.2, 0.25) is 5.91 Å². The Bertz CT molecular complexity index is 741. The van der Waals surface area contributed by atoms with Crippen LogP contribution in [0.5, 0.6) is 0 Å². The first-order valence-electron chi connectivity index (χ1n) is 8.49. The maximum Gasteiger partial charge on any atom is 0.220 e.